The van der Waals surface area contributed by atoms with Crippen molar-refractivity contribution in [1.29, 1.82) is 0 Å². The summed E-state index contributed by atoms with van der Waals surface area (Å²) in [6.07, 6.45) is -0.717. The molecule has 0 heterocycles. The number of carboxylic acid groups (broad SMARTS) is 2. The van der Waals surface area contributed by atoms with Gasteiger partial charge in [-0.15, -0.1) is 0 Å². The summed E-state index contributed by atoms with van der Waals surface area (Å²) >= 11 is 0. The van der Waals surface area contributed by atoms with Crippen molar-refractivity contribution in [1.82, 2.24) is 31.9 Å². The first-order chi connectivity index (χ1) is 24.6. The molecule has 0 saturated heterocycles. The quantitative estimate of drug-likeness (QED) is 0.0235. The highest BCUT2D eigenvalue weighted by Crippen LogP contribution is 2.09. The topological polar surface area (TPSA) is 380 Å². The third kappa shape index (κ3) is 19.4. The van der Waals surface area contributed by atoms with Crippen LogP contribution >= 0.6 is 0 Å². The molecule has 0 aliphatic heterocycles. The van der Waals surface area contributed by atoms with Gasteiger partial charge in [-0.1, -0.05) is 27.7 Å². The zero-order chi connectivity index (χ0) is 41.0. The Kier molecular flexibility index (Phi) is 21.9. The van der Waals surface area contributed by atoms with Gasteiger partial charge in [0.25, 0.3) is 0 Å². The van der Waals surface area contributed by atoms with E-state index >= 15 is 0 Å². The Balaban J connectivity index is 6.15. The number of rotatable bonds is 25. The van der Waals surface area contributed by atoms with E-state index in [0.29, 0.717) is 0 Å². The number of aliphatic carboxylic acids is 2. The van der Waals surface area contributed by atoms with Crippen molar-refractivity contribution in [2.45, 2.75) is 109 Å². The third-order valence-electron chi connectivity index (χ3n) is 7.35. The number of carboxylic acids is 2. The summed E-state index contributed by atoms with van der Waals surface area (Å²) in [6, 6.07) is -10.2. The van der Waals surface area contributed by atoms with Gasteiger partial charge in [0.1, 0.15) is 36.3 Å². The second-order valence-corrected chi connectivity index (χ2v) is 13.2. The molecule has 0 saturated carbocycles. The maximum Gasteiger partial charge on any atom is 0.325 e. The van der Waals surface area contributed by atoms with E-state index in [1.165, 1.54) is 0 Å². The van der Waals surface area contributed by atoms with Gasteiger partial charge in [-0.3, -0.25) is 43.3 Å². The molecule has 6 amide bonds. The maximum atomic E-state index is 13.6. The summed E-state index contributed by atoms with van der Waals surface area (Å²) < 4.78 is 0. The van der Waals surface area contributed by atoms with E-state index in [4.69, 9.17) is 22.3 Å². The van der Waals surface area contributed by atoms with Crippen molar-refractivity contribution in [3.05, 3.63) is 0 Å². The number of carbonyl (C=O) groups is 8. The lowest BCUT2D eigenvalue weighted by Gasteiger charge is -2.27. The van der Waals surface area contributed by atoms with Crippen LogP contribution in [0.2, 0.25) is 0 Å². The van der Waals surface area contributed by atoms with Crippen LogP contribution in [0.1, 0.15) is 66.7 Å². The molecule has 0 fully saturated rings. The molecule has 7 atom stereocenters. The van der Waals surface area contributed by atoms with Gasteiger partial charge in [0.15, 0.2) is 5.96 Å². The van der Waals surface area contributed by atoms with Crippen molar-refractivity contribution in [3.8, 4) is 0 Å². The largest absolute Gasteiger partial charge is 0.481 e. The zero-order valence-electron chi connectivity index (χ0n) is 30.6. The Bertz CT molecular complexity index is 1310. The number of nitrogens with zero attached hydrogens (tertiary/aromatic N) is 1. The van der Waals surface area contributed by atoms with Crippen molar-refractivity contribution < 1.29 is 58.8 Å². The molecule has 302 valence electrons. The highest BCUT2D eigenvalue weighted by molar-refractivity contribution is 5.97. The van der Waals surface area contributed by atoms with Crippen molar-refractivity contribution >= 4 is 53.3 Å². The van der Waals surface area contributed by atoms with Gasteiger partial charge >= 0.3 is 11.9 Å². The Morgan fingerprint density at radius 1 is 0.585 bits per heavy atom. The summed E-state index contributed by atoms with van der Waals surface area (Å²) in [5, 5.41) is 51.7. The first kappa shape index (κ1) is 47.9. The normalized spacial score (nSPS) is 15.0. The number of nitrogens with two attached hydrogens (primary N) is 3. The molecule has 0 aliphatic rings. The summed E-state index contributed by atoms with van der Waals surface area (Å²) in [4.78, 5) is 105. The first-order valence-electron chi connectivity index (χ1n) is 16.9. The number of nitrogens with one attached hydrogen (secondary N) is 6. The van der Waals surface area contributed by atoms with E-state index in [1.807, 2.05) is 13.8 Å². The standard InChI is InChI=1S/C31H56N10O12/c1-14(2)9-17(32)24(46)40-21(12-42)29(51)41-22(13-43)28(50)37-18(7-6-8-35-31(33)34)25(47)38-19(10-15(3)4)27(49)39-20(11-23(44)45)26(48)36-16(5)30(52)53/h14-22,42-43H,6-13,32H2,1-5H3,(H,36,48)(H,37,50)(H,38,47)(H,39,49)(H,40,46)(H,41,51)(H,44,45)(H,52,53)(H4,33,34,35). The van der Waals surface area contributed by atoms with Crippen LogP contribution in [0.25, 0.3) is 0 Å². The van der Waals surface area contributed by atoms with Crippen molar-refractivity contribution in [3.63, 3.8) is 0 Å². The number of guanidine groups is 1. The number of aliphatic hydroxyl groups excluding tert-OH is 2. The average Bonchev–Trinajstić information content (AvgIpc) is 3.05. The number of carbonyl (C=O) groups excluding carboxylic acids is 6. The van der Waals surface area contributed by atoms with Crippen LogP contribution < -0.4 is 49.1 Å². The number of hydrogen-bond donors (Lipinski definition) is 13. The predicted molar refractivity (Wildman–Crippen MR) is 188 cm³/mol. The molecule has 0 aliphatic carbocycles. The van der Waals surface area contributed by atoms with Crippen LogP contribution in [0, 0.1) is 11.8 Å². The van der Waals surface area contributed by atoms with E-state index in [0.717, 1.165) is 6.92 Å². The fourth-order valence-corrected chi connectivity index (χ4v) is 4.61. The summed E-state index contributed by atoms with van der Waals surface area (Å²) in [7, 11) is 0. The molecular formula is C31H56N10O12. The van der Waals surface area contributed by atoms with Crippen LogP contribution in [0.15, 0.2) is 4.99 Å². The molecule has 0 spiro atoms. The first-order valence-corrected chi connectivity index (χ1v) is 16.9. The molecule has 22 heteroatoms. The minimum atomic E-state index is -1.73. The van der Waals surface area contributed by atoms with Crippen LogP contribution in [-0.2, 0) is 38.4 Å². The lowest BCUT2D eigenvalue weighted by atomic mass is 10.0. The van der Waals surface area contributed by atoms with E-state index < -0.39 is 109 Å². The van der Waals surface area contributed by atoms with E-state index in [9.17, 15) is 53.7 Å². The molecule has 16 N–H and O–H groups in total. The van der Waals surface area contributed by atoms with Crippen LogP contribution in [0.3, 0.4) is 0 Å². The number of amides is 6. The van der Waals surface area contributed by atoms with Gasteiger partial charge in [0, 0.05) is 6.54 Å². The second-order valence-electron chi connectivity index (χ2n) is 13.2. The molecule has 22 nitrogen and oxygen atoms in total. The fraction of sp³-hybridized carbons (Fsp3) is 0.710. The fourth-order valence-electron chi connectivity index (χ4n) is 4.61. The Hall–Kier alpha value is -5.09. The molecule has 0 aromatic heterocycles. The van der Waals surface area contributed by atoms with E-state index in [1.54, 1.807) is 13.8 Å². The zero-order valence-corrected chi connectivity index (χ0v) is 30.6. The summed E-state index contributed by atoms with van der Waals surface area (Å²) in [5.74, 6) is -9.25. The minimum absolute atomic E-state index is 0.00955. The molecule has 0 aromatic carbocycles. The minimum Gasteiger partial charge on any atom is -0.481 e. The van der Waals surface area contributed by atoms with E-state index in [2.05, 4.69) is 36.9 Å². The highest BCUT2D eigenvalue weighted by Gasteiger charge is 2.34. The Labute approximate surface area is 306 Å². The van der Waals surface area contributed by atoms with Gasteiger partial charge < -0.3 is 69.5 Å². The Morgan fingerprint density at radius 2 is 1.00 bits per heavy atom. The van der Waals surface area contributed by atoms with Gasteiger partial charge in [-0.2, -0.15) is 0 Å². The van der Waals surface area contributed by atoms with Crippen molar-refractivity contribution in [2.75, 3.05) is 19.8 Å². The second kappa shape index (κ2) is 24.2. The van der Waals surface area contributed by atoms with E-state index in [-0.39, 0.29) is 50.0 Å². The predicted octanol–water partition coefficient (Wildman–Crippen LogP) is -5.07. The molecule has 53 heavy (non-hydrogen) atoms. The molecule has 0 aromatic rings. The smallest absolute Gasteiger partial charge is 0.325 e. The number of aliphatic imine (C=N–C) groups is 1. The molecule has 0 rings (SSSR count). The molecule has 0 radical (unpaired) electrons. The van der Waals surface area contributed by atoms with Gasteiger partial charge in [0.2, 0.25) is 35.4 Å². The van der Waals surface area contributed by atoms with Crippen LogP contribution in [0.4, 0.5) is 0 Å². The van der Waals surface area contributed by atoms with Crippen LogP contribution in [-0.4, -0.2) is 136 Å². The molecule has 0 bridgehead atoms. The monoisotopic (exact) mass is 760 g/mol. The molecule has 7 unspecified atom stereocenters. The van der Waals surface area contributed by atoms with Crippen LogP contribution in [0.5, 0.6) is 0 Å². The van der Waals surface area contributed by atoms with Gasteiger partial charge in [0.05, 0.1) is 25.7 Å². The third-order valence-corrected chi connectivity index (χ3v) is 7.35. The number of hydrogen-bond acceptors (Lipinski definition) is 12. The summed E-state index contributed by atoms with van der Waals surface area (Å²) in [5.41, 5.74) is 16.5. The number of aliphatic hydroxyl groups is 2. The lowest BCUT2D eigenvalue weighted by molar-refractivity contribution is -0.143. The van der Waals surface area contributed by atoms with Gasteiger partial charge in [-0.25, -0.2) is 0 Å². The highest BCUT2D eigenvalue weighted by atomic mass is 16.4. The maximum absolute atomic E-state index is 13.6. The van der Waals surface area contributed by atoms with Crippen molar-refractivity contribution in [2.24, 2.45) is 34.0 Å². The van der Waals surface area contributed by atoms with Gasteiger partial charge in [-0.05, 0) is 44.4 Å². The SMILES string of the molecule is CC(C)CC(N)C(=O)NC(CO)C(=O)NC(CO)C(=O)NC(CCCN=C(N)N)C(=O)NC(CC(C)C)C(=O)NC(CC(=O)O)C(=O)NC(C)C(=O)O. The molecular weight excluding hydrogens is 704 g/mol. The average molecular weight is 761 g/mol. The lowest BCUT2D eigenvalue weighted by Crippen LogP contribution is -2.61. The Morgan fingerprint density at radius 3 is 1.45 bits per heavy atom. The summed E-state index contributed by atoms with van der Waals surface area (Å²) in [6.45, 7) is 6.33.